The number of furan rings is 1. The third-order valence-electron chi connectivity index (χ3n) is 2.98. The van der Waals surface area contributed by atoms with Crippen molar-refractivity contribution in [2.75, 3.05) is 13.1 Å². The number of hydrazine groups is 1. The van der Waals surface area contributed by atoms with E-state index < -0.39 is 0 Å². The van der Waals surface area contributed by atoms with Crippen molar-refractivity contribution in [1.29, 1.82) is 0 Å². The first-order valence-electron chi connectivity index (χ1n) is 5.55. The number of amides is 1. The van der Waals surface area contributed by atoms with Crippen molar-refractivity contribution >= 4 is 5.91 Å². The van der Waals surface area contributed by atoms with Crippen LogP contribution in [0.4, 0.5) is 0 Å². The van der Waals surface area contributed by atoms with E-state index >= 15 is 0 Å². The van der Waals surface area contributed by atoms with Crippen molar-refractivity contribution in [2.24, 2.45) is 11.8 Å². The fraction of sp³-hybridized carbons (Fsp3) is 0.545. The highest BCUT2D eigenvalue weighted by atomic mass is 16.3. The van der Waals surface area contributed by atoms with Crippen LogP contribution in [0.1, 0.15) is 18.6 Å². The fourth-order valence-corrected chi connectivity index (χ4v) is 2.15. The van der Waals surface area contributed by atoms with Crippen LogP contribution in [0.2, 0.25) is 0 Å². The van der Waals surface area contributed by atoms with Crippen molar-refractivity contribution in [2.45, 2.75) is 19.4 Å². The molecule has 0 saturated carbocycles. The molecule has 1 aliphatic heterocycles. The minimum absolute atomic E-state index is 0.00807. The molecule has 1 fully saturated rings. The highest BCUT2D eigenvalue weighted by Gasteiger charge is 2.25. The molecule has 0 unspecified atom stereocenters. The van der Waals surface area contributed by atoms with Crippen LogP contribution in [0.3, 0.4) is 0 Å². The second kappa shape index (κ2) is 5.14. The molecule has 0 aromatic carbocycles. The molecule has 1 atom stereocenters. The molecule has 1 aromatic rings. The maximum atomic E-state index is 11.4. The van der Waals surface area contributed by atoms with Gasteiger partial charge in [-0.05, 0) is 31.5 Å². The van der Waals surface area contributed by atoms with Gasteiger partial charge in [0.15, 0.2) is 0 Å². The molecule has 1 amide bonds. The highest BCUT2D eigenvalue weighted by Crippen LogP contribution is 2.18. The largest absolute Gasteiger partial charge is 0.468 e. The van der Waals surface area contributed by atoms with Gasteiger partial charge < -0.3 is 4.42 Å². The number of nitrogens with two attached hydrogens (primary N) is 1. The molecule has 2 heterocycles. The number of rotatable bonds is 3. The van der Waals surface area contributed by atoms with E-state index in [0.29, 0.717) is 0 Å². The Balaban J connectivity index is 1.89. The van der Waals surface area contributed by atoms with E-state index in [-0.39, 0.29) is 11.8 Å². The summed E-state index contributed by atoms with van der Waals surface area (Å²) >= 11 is 0. The van der Waals surface area contributed by atoms with Gasteiger partial charge in [0, 0.05) is 6.54 Å². The zero-order valence-corrected chi connectivity index (χ0v) is 9.19. The molecule has 16 heavy (non-hydrogen) atoms. The zero-order valence-electron chi connectivity index (χ0n) is 9.19. The van der Waals surface area contributed by atoms with Crippen LogP contribution < -0.4 is 11.3 Å². The molecule has 1 saturated heterocycles. The van der Waals surface area contributed by atoms with Gasteiger partial charge >= 0.3 is 0 Å². The summed E-state index contributed by atoms with van der Waals surface area (Å²) in [6.45, 7) is 2.53. The van der Waals surface area contributed by atoms with Crippen molar-refractivity contribution in [3.63, 3.8) is 0 Å². The van der Waals surface area contributed by atoms with Gasteiger partial charge in [-0.1, -0.05) is 0 Å². The van der Waals surface area contributed by atoms with E-state index in [2.05, 4.69) is 10.3 Å². The Morgan fingerprint density at radius 2 is 2.56 bits per heavy atom. The van der Waals surface area contributed by atoms with Gasteiger partial charge in [0.05, 0.1) is 18.7 Å². The van der Waals surface area contributed by atoms with E-state index in [0.717, 1.165) is 38.2 Å². The van der Waals surface area contributed by atoms with Gasteiger partial charge in [-0.2, -0.15) is 0 Å². The topological polar surface area (TPSA) is 71.5 Å². The fourth-order valence-electron chi connectivity index (χ4n) is 2.15. The first kappa shape index (κ1) is 11.2. The Morgan fingerprint density at radius 1 is 1.69 bits per heavy atom. The number of hydrogen-bond acceptors (Lipinski definition) is 4. The Hall–Kier alpha value is -1.33. The molecule has 5 heteroatoms. The summed E-state index contributed by atoms with van der Waals surface area (Å²) in [6, 6.07) is 3.83. The zero-order chi connectivity index (χ0) is 11.4. The van der Waals surface area contributed by atoms with Crippen molar-refractivity contribution in [3.05, 3.63) is 24.2 Å². The van der Waals surface area contributed by atoms with Crippen LogP contribution in [0.15, 0.2) is 22.8 Å². The summed E-state index contributed by atoms with van der Waals surface area (Å²) in [5.41, 5.74) is 2.23. The molecule has 5 nitrogen and oxygen atoms in total. The molecule has 0 radical (unpaired) electrons. The van der Waals surface area contributed by atoms with Gasteiger partial charge in [-0.25, -0.2) is 5.84 Å². The normalized spacial score (nSPS) is 21.9. The van der Waals surface area contributed by atoms with Crippen LogP contribution in [0.5, 0.6) is 0 Å². The van der Waals surface area contributed by atoms with Gasteiger partial charge in [-0.15, -0.1) is 0 Å². The first-order valence-corrected chi connectivity index (χ1v) is 5.55. The average Bonchev–Trinajstić information content (AvgIpc) is 2.81. The van der Waals surface area contributed by atoms with E-state index in [1.54, 1.807) is 6.26 Å². The Bertz CT molecular complexity index is 337. The molecular weight excluding hydrogens is 206 g/mol. The third-order valence-corrected chi connectivity index (χ3v) is 2.98. The number of carbonyl (C=O) groups excluding carboxylic acids is 1. The maximum Gasteiger partial charge on any atom is 0.238 e. The number of nitrogens with zero attached hydrogens (tertiary/aromatic N) is 1. The summed E-state index contributed by atoms with van der Waals surface area (Å²) in [4.78, 5) is 13.7. The summed E-state index contributed by atoms with van der Waals surface area (Å²) < 4.78 is 5.29. The molecule has 1 aromatic heterocycles. The average molecular weight is 223 g/mol. The molecule has 3 N–H and O–H groups in total. The SMILES string of the molecule is NNC(=O)[C@H]1CCCN(Cc2ccco2)C1. The lowest BCUT2D eigenvalue weighted by Crippen LogP contribution is -2.44. The molecule has 2 rings (SSSR count). The molecule has 88 valence electrons. The number of likely N-dealkylation sites (tertiary alicyclic amines) is 1. The van der Waals surface area contributed by atoms with Gasteiger partial charge in [0.1, 0.15) is 5.76 Å². The Morgan fingerprint density at radius 3 is 3.25 bits per heavy atom. The van der Waals surface area contributed by atoms with Gasteiger partial charge in [0.2, 0.25) is 5.91 Å². The molecular formula is C11H17N3O2. The van der Waals surface area contributed by atoms with Crippen molar-refractivity contribution < 1.29 is 9.21 Å². The number of nitrogens with one attached hydrogen (secondary N) is 1. The van der Waals surface area contributed by atoms with Crippen molar-refractivity contribution in [1.82, 2.24) is 10.3 Å². The Kier molecular flexibility index (Phi) is 3.58. The highest BCUT2D eigenvalue weighted by molar-refractivity contribution is 5.78. The monoisotopic (exact) mass is 223 g/mol. The van der Waals surface area contributed by atoms with E-state index in [1.165, 1.54) is 0 Å². The maximum absolute atomic E-state index is 11.4. The number of piperidine rings is 1. The third kappa shape index (κ3) is 2.62. The molecule has 0 aliphatic carbocycles. The second-order valence-corrected chi connectivity index (χ2v) is 4.16. The Labute approximate surface area is 94.6 Å². The predicted octanol–water partition coefficient (Wildman–Crippen LogP) is 0.481. The van der Waals surface area contributed by atoms with Crippen LogP contribution >= 0.6 is 0 Å². The van der Waals surface area contributed by atoms with Crippen LogP contribution in [-0.4, -0.2) is 23.9 Å². The molecule has 0 bridgehead atoms. The second-order valence-electron chi connectivity index (χ2n) is 4.16. The molecule has 1 aliphatic rings. The van der Waals surface area contributed by atoms with E-state index in [9.17, 15) is 4.79 Å². The van der Waals surface area contributed by atoms with Gasteiger partial charge in [0.25, 0.3) is 0 Å². The minimum atomic E-state index is -0.0656. The smallest absolute Gasteiger partial charge is 0.238 e. The van der Waals surface area contributed by atoms with Crippen LogP contribution in [0, 0.1) is 5.92 Å². The molecule has 0 spiro atoms. The summed E-state index contributed by atoms with van der Waals surface area (Å²) in [7, 11) is 0. The summed E-state index contributed by atoms with van der Waals surface area (Å²) in [6.07, 6.45) is 3.61. The minimum Gasteiger partial charge on any atom is -0.468 e. The lowest BCUT2D eigenvalue weighted by molar-refractivity contribution is -0.126. The summed E-state index contributed by atoms with van der Waals surface area (Å²) in [5.74, 6) is 6.03. The van der Waals surface area contributed by atoms with Crippen LogP contribution in [-0.2, 0) is 11.3 Å². The standard InChI is InChI=1S/C11H17N3O2/c12-13-11(15)9-3-1-5-14(7-9)8-10-4-2-6-16-10/h2,4,6,9H,1,3,5,7-8,12H2,(H,13,15)/t9-/m0/s1. The van der Waals surface area contributed by atoms with E-state index in [4.69, 9.17) is 10.3 Å². The lowest BCUT2D eigenvalue weighted by atomic mass is 9.97. The lowest BCUT2D eigenvalue weighted by Gasteiger charge is -2.30. The number of carbonyl (C=O) groups is 1. The van der Waals surface area contributed by atoms with E-state index in [1.807, 2.05) is 12.1 Å². The number of hydrogen-bond donors (Lipinski definition) is 2. The van der Waals surface area contributed by atoms with Crippen LogP contribution in [0.25, 0.3) is 0 Å². The quantitative estimate of drug-likeness (QED) is 0.444. The predicted molar refractivity (Wildman–Crippen MR) is 59.0 cm³/mol. The van der Waals surface area contributed by atoms with Crippen molar-refractivity contribution in [3.8, 4) is 0 Å². The first-order chi connectivity index (χ1) is 7.79. The summed E-state index contributed by atoms with van der Waals surface area (Å²) in [5, 5.41) is 0. The van der Waals surface area contributed by atoms with Gasteiger partial charge in [-0.3, -0.25) is 15.1 Å².